The molecule has 0 fully saturated rings. The first-order chi connectivity index (χ1) is 14.5. The number of aryl methyl sites for hydroxylation is 1. The molecule has 31 heavy (non-hydrogen) atoms. The second-order valence-corrected chi connectivity index (χ2v) is 10.6. The minimum atomic E-state index is -3.17. The first kappa shape index (κ1) is 24.7. The fourth-order valence-electron chi connectivity index (χ4n) is 2.95. The Morgan fingerprint density at radius 1 is 1.06 bits per heavy atom. The van der Waals surface area contributed by atoms with Crippen molar-refractivity contribution in [1.82, 2.24) is 10.6 Å². The van der Waals surface area contributed by atoms with E-state index in [1.807, 2.05) is 39.8 Å². The van der Waals surface area contributed by atoms with Gasteiger partial charge < -0.3 is 15.4 Å². The molecule has 0 aliphatic heterocycles. The summed E-state index contributed by atoms with van der Waals surface area (Å²) in [6, 6.07) is 13.2. The van der Waals surface area contributed by atoms with Crippen LogP contribution in [0.4, 0.5) is 0 Å². The summed E-state index contributed by atoms with van der Waals surface area (Å²) in [5.41, 5.74) is 2.98. The van der Waals surface area contributed by atoms with Crippen LogP contribution in [0.15, 0.2) is 52.4 Å². The van der Waals surface area contributed by atoms with E-state index in [2.05, 4.69) is 35.8 Å². The van der Waals surface area contributed by atoms with Gasteiger partial charge in [0.15, 0.2) is 15.8 Å². The summed E-state index contributed by atoms with van der Waals surface area (Å²) in [6.07, 6.45) is 1.98. The van der Waals surface area contributed by atoms with Crippen LogP contribution in [0.25, 0.3) is 0 Å². The number of aliphatic imine (C=N–C) groups is 1. The lowest BCUT2D eigenvalue weighted by Crippen LogP contribution is -2.38. The van der Waals surface area contributed by atoms with E-state index in [1.54, 1.807) is 12.1 Å². The summed E-state index contributed by atoms with van der Waals surface area (Å²) in [5, 5.41) is 6.61. The van der Waals surface area contributed by atoms with Crippen molar-refractivity contribution in [3.8, 4) is 5.75 Å². The summed E-state index contributed by atoms with van der Waals surface area (Å²) in [7, 11) is -3.17. The minimum absolute atomic E-state index is 0.276. The molecule has 2 aromatic carbocycles. The molecule has 0 heterocycles. The molecule has 7 heteroatoms. The maximum Gasteiger partial charge on any atom is 0.191 e. The quantitative estimate of drug-likeness (QED) is 0.476. The monoisotopic (exact) mass is 445 g/mol. The fourth-order valence-corrected chi connectivity index (χ4v) is 3.58. The van der Waals surface area contributed by atoms with Gasteiger partial charge in [-0.1, -0.05) is 24.3 Å². The highest BCUT2D eigenvalue weighted by Gasteiger charge is 2.15. The predicted molar refractivity (Wildman–Crippen MR) is 128 cm³/mol. The van der Waals surface area contributed by atoms with Crippen LogP contribution in [-0.4, -0.2) is 39.3 Å². The molecule has 0 saturated heterocycles. The number of sulfone groups is 1. The van der Waals surface area contributed by atoms with Crippen LogP contribution in [0.2, 0.25) is 0 Å². The highest BCUT2D eigenvalue weighted by molar-refractivity contribution is 7.90. The first-order valence-corrected chi connectivity index (χ1v) is 12.5. The van der Waals surface area contributed by atoms with E-state index in [9.17, 15) is 8.42 Å². The van der Waals surface area contributed by atoms with Gasteiger partial charge in [0, 0.05) is 24.9 Å². The molecular formula is C24H35N3O3S. The topological polar surface area (TPSA) is 79.8 Å². The van der Waals surface area contributed by atoms with E-state index in [4.69, 9.17) is 9.73 Å². The predicted octanol–water partition coefficient (Wildman–Crippen LogP) is 3.87. The average Bonchev–Trinajstić information content (AvgIpc) is 2.65. The van der Waals surface area contributed by atoms with Crippen LogP contribution in [-0.2, 0) is 22.8 Å². The van der Waals surface area contributed by atoms with Crippen LogP contribution < -0.4 is 15.4 Å². The number of guanidine groups is 1. The van der Waals surface area contributed by atoms with Gasteiger partial charge in [-0.25, -0.2) is 13.4 Å². The number of benzene rings is 2. The Bertz CT molecular complexity index is 992. The molecule has 6 nitrogen and oxygen atoms in total. The Hall–Kier alpha value is -2.54. The van der Waals surface area contributed by atoms with Crippen molar-refractivity contribution in [3.63, 3.8) is 0 Å². The van der Waals surface area contributed by atoms with Gasteiger partial charge in [0.05, 0.1) is 11.4 Å². The van der Waals surface area contributed by atoms with Crippen molar-refractivity contribution in [2.45, 2.75) is 58.1 Å². The number of ether oxygens (including phenoxy) is 1. The third-order valence-electron chi connectivity index (χ3n) is 4.45. The smallest absolute Gasteiger partial charge is 0.191 e. The zero-order valence-electron chi connectivity index (χ0n) is 19.5. The highest BCUT2D eigenvalue weighted by atomic mass is 32.2. The number of hydrogen-bond donors (Lipinski definition) is 2. The lowest BCUT2D eigenvalue weighted by molar-refractivity contribution is 0.129. The normalized spacial score (nSPS) is 12.5. The van der Waals surface area contributed by atoms with Crippen molar-refractivity contribution in [2.24, 2.45) is 4.99 Å². The molecule has 0 spiro atoms. The van der Waals surface area contributed by atoms with E-state index >= 15 is 0 Å². The molecule has 0 bridgehead atoms. The largest absolute Gasteiger partial charge is 0.488 e. The Kier molecular flexibility index (Phi) is 8.51. The molecule has 0 unspecified atom stereocenters. The Morgan fingerprint density at radius 3 is 2.32 bits per heavy atom. The molecule has 0 radical (unpaired) electrons. The van der Waals surface area contributed by atoms with Gasteiger partial charge in [-0.05, 0) is 70.4 Å². The summed E-state index contributed by atoms with van der Waals surface area (Å²) in [4.78, 5) is 5.06. The third-order valence-corrected chi connectivity index (χ3v) is 5.58. The SMILES string of the molecule is CCNC(=NCc1ccc(C)cc1OC(C)(C)C)NCCc1ccc(S(C)(=O)=O)cc1. The lowest BCUT2D eigenvalue weighted by Gasteiger charge is -2.23. The number of nitrogens with zero attached hydrogens (tertiary/aromatic N) is 1. The van der Waals surface area contributed by atoms with Gasteiger partial charge in [-0.3, -0.25) is 0 Å². The van der Waals surface area contributed by atoms with Crippen LogP contribution in [0, 0.1) is 6.92 Å². The van der Waals surface area contributed by atoms with Gasteiger partial charge in [-0.2, -0.15) is 0 Å². The fraction of sp³-hybridized carbons (Fsp3) is 0.458. The minimum Gasteiger partial charge on any atom is -0.488 e. The number of rotatable bonds is 8. The van der Waals surface area contributed by atoms with Crippen molar-refractivity contribution < 1.29 is 13.2 Å². The molecule has 0 saturated carbocycles. The second-order valence-electron chi connectivity index (χ2n) is 8.61. The molecule has 0 aromatic heterocycles. The van der Waals surface area contributed by atoms with Crippen molar-refractivity contribution in [2.75, 3.05) is 19.3 Å². The molecule has 170 valence electrons. The van der Waals surface area contributed by atoms with Gasteiger partial charge in [0.25, 0.3) is 0 Å². The van der Waals surface area contributed by atoms with E-state index < -0.39 is 9.84 Å². The van der Waals surface area contributed by atoms with E-state index in [0.29, 0.717) is 18.0 Å². The molecule has 2 aromatic rings. The Labute approximate surface area is 187 Å². The molecule has 0 atom stereocenters. The molecule has 0 aliphatic rings. The van der Waals surface area contributed by atoms with Gasteiger partial charge in [0.2, 0.25) is 0 Å². The zero-order valence-corrected chi connectivity index (χ0v) is 20.3. The van der Waals surface area contributed by atoms with Crippen molar-refractivity contribution in [3.05, 3.63) is 59.2 Å². The van der Waals surface area contributed by atoms with Crippen LogP contribution in [0.1, 0.15) is 44.4 Å². The summed E-state index contributed by atoms with van der Waals surface area (Å²) >= 11 is 0. The second kappa shape index (κ2) is 10.7. The van der Waals surface area contributed by atoms with Gasteiger partial charge in [0.1, 0.15) is 11.4 Å². The van der Waals surface area contributed by atoms with Crippen molar-refractivity contribution in [1.29, 1.82) is 0 Å². The van der Waals surface area contributed by atoms with Crippen molar-refractivity contribution >= 4 is 15.8 Å². The maximum absolute atomic E-state index is 11.6. The van der Waals surface area contributed by atoms with Crippen LogP contribution >= 0.6 is 0 Å². The van der Waals surface area contributed by atoms with Crippen LogP contribution in [0.5, 0.6) is 5.75 Å². The summed E-state index contributed by atoms with van der Waals surface area (Å²) in [6.45, 7) is 12.1. The first-order valence-electron chi connectivity index (χ1n) is 10.6. The molecule has 2 rings (SSSR count). The van der Waals surface area contributed by atoms with Gasteiger partial charge in [-0.15, -0.1) is 0 Å². The van der Waals surface area contributed by atoms with E-state index in [0.717, 1.165) is 41.4 Å². The molecule has 2 N–H and O–H groups in total. The standard InChI is InChI=1S/C24H35N3O3S/c1-7-25-23(26-15-14-19-9-12-21(13-10-19)31(6,28)29)27-17-20-11-8-18(2)16-22(20)30-24(3,4)5/h8-13,16H,7,14-15,17H2,1-6H3,(H2,25,26,27). The van der Waals surface area contributed by atoms with E-state index in [1.165, 1.54) is 6.26 Å². The summed E-state index contributed by atoms with van der Waals surface area (Å²) in [5.74, 6) is 1.59. The Balaban J connectivity index is 2.02. The third kappa shape index (κ3) is 8.61. The maximum atomic E-state index is 11.6. The lowest BCUT2D eigenvalue weighted by atomic mass is 10.1. The molecular weight excluding hydrogens is 410 g/mol. The Morgan fingerprint density at radius 2 is 1.74 bits per heavy atom. The average molecular weight is 446 g/mol. The van der Waals surface area contributed by atoms with Crippen LogP contribution in [0.3, 0.4) is 0 Å². The highest BCUT2D eigenvalue weighted by Crippen LogP contribution is 2.25. The van der Waals surface area contributed by atoms with E-state index in [-0.39, 0.29) is 5.60 Å². The molecule has 0 amide bonds. The summed E-state index contributed by atoms with van der Waals surface area (Å²) < 4.78 is 29.3. The number of hydrogen-bond acceptors (Lipinski definition) is 4. The molecule has 0 aliphatic carbocycles. The zero-order chi connectivity index (χ0) is 23.1. The van der Waals surface area contributed by atoms with Gasteiger partial charge >= 0.3 is 0 Å². The number of nitrogens with one attached hydrogen (secondary N) is 2.